The van der Waals surface area contributed by atoms with Gasteiger partial charge < -0.3 is 4.74 Å². The van der Waals surface area contributed by atoms with E-state index in [2.05, 4.69) is 41.5 Å². The number of carbonyl (C=O) groups is 1. The number of carbonyl (C=O) groups excluding carboxylic acids is 1. The molecule has 1 N–H and O–H groups in total. The summed E-state index contributed by atoms with van der Waals surface area (Å²) < 4.78 is 4.85. The minimum atomic E-state index is -1.03. The minimum Gasteiger partial charge on any atom is -0.409 e. The van der Waals surface area contributed by atoms with E-state index in [0.717, 1.165) is 5.56 Å². The molecule has 3 nitrogen and oxygen atoms in total. The SMILES string of the molecule is CC(C)(C)c1ccc(OC([NH])=O)cc1C(C)(C)C. The van der Waals surface area contributed by atoms with Gasteiger partial charge in [0.1, 0.15) is 5.75 Å². The van der Waals surface area contributed by atoms with Gasteiger partial charge in [-0.25, -0.2) is 10.5 Å². The molecular formula is C15H22NO2. The lowest BCUT2D eigenvalue weighted by Crippen LogP contribution is -2.22. The van der Waals surface area contributed by atoms with Gasteiger partial charge in [-0.3, -0.25) is 0 Å². The van der Waals surface area contributed by atoms with Gasteiger partial charge in [0, 0.05) is 0 Å². The Kier molecular flexibility index (Phi) is 3.75. The third kappa shape index (κ3) is 3.49. The molecule has 1 amide bonds. The first-order valence-electron chi connectivity index (χ1n) is 6.10. The molecule has 0 aliphatic carbocycles. The molecule has 0 bridgehead atoms. The van der Waals surface area contributed by atoms with E-state index in [1.165, 1.54) is 5.56 Å². The second-order valence-electron chi connectivity index (χ2n) is 6.60. The topological polar surface area (TPSA) is 50.1 Å². The van der Waals surface area contributed by atoms with Crippen LogP contribution in [0.1, 0.15) is 52.7 Å². The Morgan fingerprint density at radius 3 is 1.89 bits per heavy atom. The molecule has 1 aromatic carbocycles. The third-order valence-corrected chi connectivity index (χ3v) is 2.82. The maximum absolute atomic E-state index is 10.7. The number of rotatable bonds is 1. The van der Waals surface area contributed by atoms with Crippen LogP contribution in [0, 0.1) is 0 Å². The summed E-state index contributed by atoms with van der Waals surface area (Å²) in [4.78, 5) is 10.7. The zero-order valence-corrected chi connectivity index (χ0v) is 12.0. The lowest BCUT2D eigenvalue weighted by molar-refractivity contribution is 0.209. The van der Waals surface area contributed by atoms with Gasteiger partial charge in [0.2, 0.25) is 0 Å². The van der Waals surface area contributed by atoms with Crippen LogP contribution < -0.4 is 10.5 Å². The molecule has 0 saturated heterocycles. The molecule has 0 unspecified atom stereocenters. The van der Waals surface area contributed by atoms with Gasteiger partial charge in [0.15, 0.2) is 0 Å². The quantitative estimate of drug-likeness (QED) is 0.752. The normalized spacial score (nSPS) is 12.3. The average Bonchev–Trinajstić information content (AvgIpc) is 2.13. The molecule has 0 atom stereocenters. The minimum absolute atomic E-state index is 0.0338. The second kappa shape index (κ2) is 4.63. The highest BCUT2D eigenvalue weighted by Crippen LogP contribution is 2.36. The van der Waals surface area contributed by atoms with E-state index in [9.17, 15) is 4.79 Å². The van der Waals surface area contributed by atoms with E-state index in [4.69, 9.17) is 10.5 Å². The largest absolute Gasteiger partial charge is 0.431 e. The standard InChI is InChI=1S/C15H22NO2/c1-14(2,3)11-8-7-10(18-13(16)17)9-12(11)15(4,5)6/h7-9,16H,1-6H3. The third-order valence-electron chi connectivity index (χ3n) is 2.82. The highest BCUT2D eigenvalue weighted by Gasteiger charge is 2.25. The van der Waals surface area contributed by atoms with E-state index in [0.29, 0.717) is 5.75 Å². The van der Waals surface area contributed by atoms with E-state index >= 15 is 0 Å². The zero-order chi connectivity index (χ0) is 14.1. The summed E-state index contributed by atoms with van der Waals surface area (Å²) in [7, 11) is 0. The molecule has 3 heteroatoms. The molecule has 0 aromatic heterocycles. The zero-order valence-electron chi connectivity index (χ0n) is 12.0. The molecule has 0 saturated carbocycles. The first-order valence-corrected chi connectivity index (χ1v) is 6.10. The summed E-state index contributed by atoms with van der Waals surface area (Å²) in [6, 6.07) is 5.61. The van der Waals surface area contributed by atoms with Crippen LogP contribution in [0.4, 0.5) is 4.79 Å². The molecule has 1 radical (unpaired) electrons. The van der Waals surface area contributed by atoms with Gasteiger partial charge in [-0.1, -0.05) is 47.6 Å². The van der Waals surface area contributed by atoms with Crippen molar-refractivity contribution in [2.75, 3.05) is 0 Å². The lowest BCUT2D eigenvalue weighted by atomic mass is 9.75. The molecule has 0 spiro atoms. The van der Waals surface area contributed by atoms with Crippen molar-refractivity contribution >= 4 is 6.09 Å². The van der Waals surface area contributed by atoms with Crippen molar-refractivity contribution in [3.63, 3.8) is 0 Å². The number of hydrogen-bond acceptors (Lipinski definition) is 2. The Morgan fingerprint density at radius 1 is 1.00 bits per heavy atom. The fourth-order valence-corrected chi connectivity index (χ4v) is 1.97. The van der Waals surface area contributed by atoms with Crippen molar-refractivity contribution in [1.82, 2.24) is 5.73 Å². The predicted octanol–water partition coefficient (Wildman–Crippen LogP) is 4.06. The smallest absolute Gasteiger partial charge is 0.409 e. The fourth-order valence-electron chi connectivity index (χ4n) is 1.97. The maximum atomic E-state index is 10.7. The van der Waals surface area contributed by atoms with Crippen LogP contribution in [-0.4, -0.2) is 6.09 Å². The molecule has 0 aliphatic rings. The summed E-state index contributed by atoms with van der Waals surface area (Å²) in [6.45, 7) is 12.9. The van der Waals surface area contributed by atoms with Crippen molar-refractivity contribution < 1.29 is 9.53 Å². The van der Waals surface area contributed by atoms with Crippen LogP contribution in [0.15, 0.2) is 18.2 Å². The summed E-state index contributed by atoms with van der Waals surface area (Å²) in [5.41, 5.74) is 9.24. The van der Waals surface area contributed by atoms with E-state index in [1.807, 2.05) is 12.1 Å². The van der Waals surface area contributed by atoms with Crippen LogP contribution >= 0.6 is 0 Å². The Labute approximate surface area is 109 Å². The van der Waals surface area contributed by atoms with Gasteiger partial charge in [0.25, 0.3) is 0 Å². The van der Waals surface area contributed by atoms with E-state index < -0.39 is 6.09 Å². The summed E-state index contributed by atoms with van der Waals surface area (Å²) >= 11 is 0. The molecule has 0 heterocycles. The van der Waals surface area contributed by atoms with Gasteiger partial charge >= 0.3 is 6.09 Å². The van der Waals surface area contributed by atoms with Gasteiger partial charge in [-0.15, -0.1) is 0 Å². The van der Waals surface area contributed by atoms with Crippen molar-refractivity contribution in [3.8, 4) is 5.75 Å². The molecular weight excluding hydrogens is 226 g/mol. The van der Waals surface area contributed by atoms with Crippen LogP contribution in [0.2, 0.25) is 0 Å². The highest BCUT2D eigenvalue weighted by molar-refractivity contribution is 5.67. The molecule has 0 aliphatic heterocycles. The number of amides is 1. The van der Waals surface area contributed by atoms with Gasteiger partial charge in [-0.05, 0) is 34.1 Å². The molecule has 18 heavy (non-hydrogen) atoms. The van der Waals surface area contributed by atoms with Crippen LogP contribution in [0.5, 0.6) is 5.75 Å². The Balaban J connectivity index is 3.35. The Bertz CT molecular complexity index is 451. The van der Waals surface area contributed by atoms with Crippen LogP contribution in [-0.2, 0) is 10.8 Å². The van der Waals surface area contributed by atoms with Crippen molar-refractivity contribution in [3.05, 3.63) is 29.3 Å². The van der Waals surface area contributed by atoms with Gasteiger partial charge in [0.05, 0.1) is 0 Å². The Morgan fingerprint density at radius 2 is 1.50 bits per heavy atom. The lowest BCUT2D eigenvalue weighted by Gasteiger charge is -2.30. The average molecular weight is 248 g/mol. The first kappa shape index (κ1) is 14.6. The maximum Gasteiger partial charge on any atom is 0.431 e. The van der Waals surface area contributed by atoms with Crippen molar-refractivity contribution in [1.29, 1.82) is 0 Å². The summed E-state index contributed by atoms with van der Waals surface area (Å²) in [5, 5.41) is 0. The molecule has 1 aromatic rings. The fraction of sp³-hybridized carbons (Fsp3) is 0.533. The molecule has 1 rings (SSSR count). The first-order chi connectivity index (χ1) is 8.01. The number of ether oxygens (including phenoxy) is 1. The molecule has 0 fully saturated rings. The van der Waals surface area contributed by atoms with Crippen molar-refractivity contribution in [2.24, 2.45) is 0 Å². The van der Waals surface area contributed by atoms with E-state index in [1.54, 1.807) is 6.07 Å². The van der Waals surface area contributed by atoms with Crippen LogP contribution in [0.3, 0.4) is 0 Å². The number of benzene rings is 1. The van der Waals surface area contributed by atoms with Gasteiger partial charge in [-0.2, -0.15) is 0 Å². The molecule has 99 valence electrons. The highest BCUT2D eigenvalue weighted by atomic mass is 16.5. The monoisotopic (exact) mass is 248 g/mol. The number of nitrogens with one attached hydrogen (secondary N) is 1. The summed E-state index contributed by atoms with van der Waals surface area (Å²) in [5.74, 6) is 0.438. The summed E-state index contributed by atoms with van der Waals surface area (Å²) in [6.07, 6.45) is -1.03. The number of hydrogen-bond donors (Lipinski definition) is 0. The predicted molar refractivity (Wildman–Crippen MR) is 73.0 cm³/mol. The Hall–Kier alpha value is -1.51. The van der Waals surface area contributed by atoms with Crippen molar-refractivity contribution in [2.45, 2.75) is 52.4 Å². The van der Waals surface area contributed by atoms with E-state index in [-0.39, 0.29) is 10.8 Å². The van der Waals surface area contributed by atoms with Crippen LogP contribution in [0.25, 0.3) is 0 Å². The second-order valence-corrected chi connectivity index (χ2v) is 6.60.